The number of hydrogen-bond donors (Lipinski definition) is 1. The van der Waals surface area contributed by atoms with Crippen LogP contribution >= 0.6 is 0 Å². The number of rotatable bonds is 5. The smallest absolute Gasteiger partial charge is 0.254 e. The van der Waals surface area contributed by atoms with Crippen LogP contribution in [0.25, 0.3) is 0 Å². The maximum Gasteiger partial charge on any atom is 0.254 e. The molecule has 0 radical (unpaired) electrons. The Hall–Kier alpha value is -2.61. The molecule has 8 heteroatoms. The van der Waals surface area contributed by atoms with E-state index in [0.29, 0.717) is 23.9 Å². The van der Waals surface area contributed by atoms with Gasteiger partial charge in [0.2, 0.25) is 5.95 Å². The molecule has 0 aliphatic carbocycles. The Kier molecular flexibility index (Phi) is 4.69. The van der Waals surface area contributed by atoms with E-state index in [0.717, 1.165) is 55.5 Å². The molecule has 1 amide bonds. The second-order valence-electron chi connectivity index (χ2n) is 8.81. The summed E-state index contributed by atoms with van der Waals surface area (Å²) in [5.74, 6) is 2.09. The van der Waals surface area contributed by atoms with E-state index in [4.69, 9.17) is 4.74 Å². The van der Waals surface area contributed by atoms with Crippen molar-refractivity contribution in [2.24, 2.45) is 11.8 Å². The summed E-state index contributed by atoms with van der Waals surface area (Å²) in [5.41, 5.74) is 2.34. The minimum absolute atomic E-state index is 0.123. The van der Waals surface area contributed by atoms with Gasteiger partial charge in [0.1, 0.15) is 5.82 Å². The SMILES string of the molecule is CCc1ncc(C(=O)NC[C@H]2[C@H]3CN(c4nc(C)cc(C)n4)C[C@]34CC[C@H]2O4)cn1. The lowest BCUT2D eigenvalue weighted by molar-refractivity contribution is 0.0141. The van der Waals surface area contributed by atoms with Gasteiger partial charge in [-0.15, -0.1) is 0 Å². The number of carbonyl (C=O) groups excluding carboxylic acids is 1. The van der Waals surface area contributed by atoms with Crippen molar-refractivity contribution in [3.05, 3.63) is 41.2 Å². The number of fused-ring (bicyclic) bond motifs is 1. The monoisotopic (exact) mass is 408 g/mol. The van der Waals surface area contributed by atoms with Crippen LogP contribution in [0.2, 0.25) is 0 Å². The van der Waals surface area contributed by atoms with E-state index in [1.165, 1.54) is 0 Å². The van der Waals surface area contributed by atoms with Crippen molar-refractivity contribution >= 4 is 11.9 Å². The maximum atomic E-state index is 12.6. The minimum Gasteiger partial charge on any atom is -0.369 e. The van der Waals surface area contributed by atoms with Gasteiger partial charge in [0.25, 0.3) is 5.91 Å². The van der Waals surface area contributed by atoms with Gasteiger partial charge in [0.05, 0.1) is 23.8 Å². The van der Waals surface area contributed by atoms with Gasteiger partial charge in [-0.05, 0) is 32.8 Å². The fraction of sp³-hybridized carbons (Fsp3) is 0.591. The molecule has 4 atom stereocenters. The van der Waals surface area contributed by atoms with E-state index in [9.17, 15) is 4.79 Å². The highest BCUT2D eigenvalue weighted by atomic mass is 16.5. The molecule has 0 saturated carbocycles. The molecule has 3 fully saturated rings. The number of ether oxygens (including phenoxy) is 1. The van der Waals surface area contributed by atoms with Crippen LogP contribution in [0.3, 0.4) is 0 Å². The van der Waals surface area contributed by atoms with Crippen LogP contribution in [0.5, 0.6) is 0 Å². The van der Waals surface area contributed by atoms with Crippen LogP contribution in [0, 0.1) is 25.7 Å². The molecule has 30 heavy (non-hydrogen) atoms. The molecule has 3 aliphatic rings. The molecule has 3 saturated heterocycles. The first-order chi connectivity index (χ1) is 14.5. The number of carbonyl (C=O) groups is 1. The summed E-state index contributed by atoms with van der Waals surface area (Å²) in [4.78, 5) is 32.6. The number of nitrogens with one attached hydrogen (secondary N) is 1. The van der Waals surface area contributed by atoms with Gasteiger partial charge >= 0.3 is 0 Å². The molecule has 5 heterocycles. The van der Waals surface area contributed by atoms with Crippen molar-refractivity contribution in [2.75, 3.05) is 24.5 Å². The van der Waals surface area contributed by atoms with E-state index in [1.54, 1.807) is 12.4 Å². The number of anilines is 1. The third kappa shape index (κ3) is 3.23. The van der Waals surface area contributed by atoms with Crippen molar-refractivity contribution in [3.63, 3.8) is 0 Å². The highest BCUT2D eigenvalue weighted by Gasteiger charge is 2.63. The average Bonchev–Trinajstić information content (AvgIpc) is 3.40. The Morgan fingerprint density at radius 3 is 2.70 bits per heavy atom. The van der Waals surface area contributed by atoms with Gasteiger partial charge in [-0.2, -0.15) is 0 Å². The van der Waals surface area contributed by atoms with E-state index in [1.807, 2.05) is 26.8 Å². The number of hydrogen-bond acceptors (Lipinski definition) is 7. The predicted octanol–water partition coefficient (Wildman–Crippen LogP) is 1.86. The molecule has 1 spiro atoms. The maximum absolute atomic E-state index is 12.6. The average molecular weight is 409 g/mol. The fourth-order valence-electron chi connectivity index (χ4n) is 5.43. The Balaban J connectivity index is 1.28. The molecular formula is C22H28N6O2. The number of amides is 1. The largest absolute Gasteiger partial charge is 0.369 e. The first kappa shape index (κ1) is 19.4. The quantitative estimate of drug-likeness (QED) is 0.807. The summed E-state index contributed by atoms with van der Waals surface area (Å²) in [7, 11) is 0. The third-order valence-electron chi connectivity index (χ3n) is 6.82. The highest BCUT2D eigenvalue weighted by molar-refractivity contribution is 5.93. The predicted molar refractivity (Wildman–Crippen MR) is 111 cm³/mol. The zero-order valence-corrected chi connectivity index (χ0v) is 17.8. The number of nitrogens with zero attached hydrogens (tertiary/aromatic N) is 5. The van der Waals surface area contributed by atoms with Gasteiger partial charge < -0.3 is 15.0 Å². The molecule has 2 aromatic rings. The fourth-order valence-corrected chi connectivity index (χ4v) is 5.43. The first-order valence-corrected chi connectivity index (χ1v) is 10.8. The molecule has 0 aromatic carbocycles. The van der Waals surface area contributed by atoms with Gasteiger partial charge in [-0.25, -0.2) is 19.9 Å². The standard InChI is InChI=1S/C22H28N6O2/c1-4-19-23-8-15(9-24-19)20(29)25-10-16-17-11-28(12-22(17)6-5-18(16)30-22)21-26-13(2)7-14(3)27-21/h7-9,16-18H,4-6,10-12H2,1-3H3,(H,25,29)/t16-,17+,18+,22+/m0/s1. The van der Waals surface area contributed by atoms with Gasteiger partial charge in [-0.3, -0.25) is 4.79 Å². The second-order valence-corrected chi connectivity index (χ2v) is 8.81. The van der Waals surface area contributed by atoms with Crippen LogP contribution in [-0.2, 0) is 11.2 Å². The molecule has 1 N–H and O–H groups in total. The summed E-state index contributed by atoms with van der Waals surface area (Å²) in [6, 6.07) is 2.00. The topological polar surface area (TPSA) is 93.1 Å². The van der Waals surface area contributed by atoms with Crippen LogP contribution < -0.4 is 10.2 Å². The Bertz CT molecular complexity index is 944. The van der Waals surface area contributed by atoms with Crippen molar-refractivity contribution in [1.29, 1.82) is 0 Å². The Morgan fingerprint density at radius 2 is 2.00 bits per heavy atom. The second kappa shape index (κ2) is 7.27. The minimum atomic E-state index is -0.132. The lowest BCUT2D eigenvalue weighted by Crippen LogP contribution is -2.42. The summed E-state index contributed by atoms with van der Waals surface area (Å²) in [6.45, 7) is 8.30. The van der Waals surface area contributed by atoms with Gasteiger partial charge in [0, 0.05) is 55.1 Å². The van der Waals surface area contributed by atoms with Crippen LogP contribution in [0.15, 0.2) is 18.5 Å². The molecule has 0 unspecified atom stereocenters. The summed E-state index contributed by atoms with van der Waals surface area (Å²) in [6.07, 6.45) is 6.31. The van der Waals surface area contributed by atoms with Crippen LogP contribution in [0.1, 0.15) is 47.3 Å². The molecule has 3 aliphatic heterocycles. The third-order valence-corrected chi connectivity index (χ3v) is 6.82. The van der Waals surface area contributed by atoms with Crippen molar-refractivity contribution < 1.29 is 9.53 Å². The molecular weight excluding hydrogens is 380 g/mol. The normalized spacial score (nSPS) is 29.3. The lowest BCUT2D eigenvalue weighted by Gasteiger charge is -2.29. The zero-order valence-electron chi connectivity index (χ0n) is 17.8. The molecule has 158 valence electrons. The zero-order chi connectivity index (χ0) is 20.9. The van der Waals surface area contributed by atoms with Crippen molar-refractivity contribution in [2.45, 2.75) is 51.7 Å². The van der Waals surface area contributed by atoms with E-state index >= 15 is 0 Å². The Morgan fingerprint density at radius 1 is 1.27 bits per heavy atom. The van der Waals surface area contributed by atoms with Gasteiger partial charge in [0.15, 0.2) is 0 Å². The molecule has 2 aromatic heterocycles. The summed E-state index contributed by atoms with van der Waals surface area (Å²) < 4.78 is 6.50. The first-order valence-electron chi connectivity index (χ1n) is 10.8. The van der Waals surface area contributed by atoms with Gasteiger partial charge in [-0.1, -0.05) is 6.92 Å². The summed E-state index contributed by atoms with van der Waals surface area (Å²) in [5, 5.41) is 3.10. The van der Waals surface area contributed by atoms with Crippen molar-refractivity contribution in [1.82, 2.24) is 25.3 Å². The lowest BCUT2D eigenvalue weighted by atomic mass is 9.73. The summed E-state index contributed by atoms with van der Waals surface area (Å²) >= 11 is 0. The number of aromatic nitrogens is 4. The van der Waals surface area contributed by atoms with E-state index in [-0.39, 0.29) is 17.6 Å². The molecule has 8 nitrogen and oxygen atoms in total. The van der Waals surface area contributed by atoms with Crippen molar-refractivity contribution in [3.8, 4) is 0 Å². The van der Waals surface area contributed by atoms with E-state index in [2.05, 4.69) is 30.2 Å². The van der Waals surface area contributed by atoms with Crippen LogP contribution in [0.4, 0.5) is 5.95 Å². The molecule has 2 bridgehead atoms. The number of aryl methyl sites for hydroxylation is 3. The van der Waals surface area contributed by atoms with Crippen LogP contribution in [-0.4, -0.2) is 57.2 Å². The highest BCUT2D eigenvalue weighted by Crippen LogP contribution is 2.55. The molecule has 5 rings (SSSR count). The Labute approximate surface area is 176 Å². The van der Waals surface area contributed by atoms with E-state index < -0.39 is 0 Å².